The molecule has 7 nitrogen and oxygen atoms in total. The minimum atomic E-state index is -0.373. The van der Waals surface area contributed by atoms with Crippen molar-refractivity contribution in [2.45, 2.75) is 57.5 Å². The monoisotopic (exact) mass is 464 g/mol. The Hall–Kier alpha value is -3.26. The normalized spacial score (nSPS) is 11.8. The molecule has 0 amide bonds. The first kappa shape index (κ1) is 22.9. The van der Waals surface area contributed by atoms with E-state index in [0.29, 0.717) is 22.3 Å². The predicted octanol–water partition coefficient (Wildman–Crippen LogP) is 4.88. The third kappa shape index (κ3) is 5.06. The number of nitrogens with two attached hydrogens (primary N) is 1. The summed E-state index contributed by atoms with van der Waals surface area (Å²) in [5, 5.41) is 9.82. The van der Waals surface area contributed by atoms with Crippen molar-refractivity contribution in [3.05, 3.63) is 81.0 Å². The van der Waals surface area contributed by atoms with Gasteiger partial charge >= 0.3 is 5.63 Å². The van der Waals surface area contributed by atoms with E-state index in [-0.39, 0.29) is 17.6 Å². The summed E-state index contributed by atoms with van der Waals surface area (Å²) in [5.74, 6) is 7.98. The molecule has 0 atom stereocenters. The van der Waals surface area contributed by atoms with Gasteiger partial charge in [-0.15, -0.1) is 10.2 Å². The highest BCUT2D eigenvalue weighted by atomic mass is 32.2. The Labute approximate surface area is 196 Å². The Morgan fingerprint density at radius 1 is 1.06 bits per heavy atom. The number of rotatable bonds is 6. The van der Waals surface area contributed by atoms with Crippen LogP contribution < -0.4 is 16.2 Å². The maximum Gasteiger partial charge on any atom is 0.336 e. The molecule has 0 aliphatic rings. The minimum Gasteiger partial charge on any atom is -0.486 e. The van der Waals surface area contributed by atoms with Crippen LogP contribution in [0.25, 0.3) is 11.0 Å². The van der Waals surface area contributed by atoms with Crippen LogP contribution in [0.15, 0.2) is 56.8 Å². The van der Waals surface area contributed by atoms with Gasteiger partial charge in [-0.1, -0.05) is 44.7 Å². The molecule has 0 aliphatic heterocycles. The van der Waals surface area contributed by atoms with E-state index in [1.54, 1.807) is 0 Å². The standard InChI is InChI=1S/C25H28N4O3S/c1-15-10-20-17(12-23(30)32-21(20)11-16(15)2)14-33-24-28-27-22(29(24)26)13-31-19-8-6-18(7-9-19)25(3,4)5/h6-12H,13-14,26H2,1-5H3. The summed E-state index contributed by atoms with van der Waals surface area (Å²) < 4.78 is 12.7. The Balaban J connectivity index is 1.46. The molecule has 2 aromatic carbocycles. The van der Waals surface area contributed by atoms with Gasteiger partial charge in [0, 0.05) is 17.2 Å². The lowest BCUT2D eigenvalue weighted by atomic mass is 9.87. The minimum absolute atomic E-state index is 0.0879. The topological polar surface area (TPSA) is 96.2 Å². The average molecular weight is 465 g/mol. The lowest BCUT2D eigenvalue weighted by Gasteiger charge is -2.19. The van der Waals surface area contributed by atoms with Crippen LogP contribution in [0.2, 0.25) is 0 Å². The zero-order valence-electron chi connectivity index (χ0n) is 19.5. The van der Waals surface area contributed by atoms with Crippen molar-refractivity contribution in [3.63, 3.8) is 0 Å². The second kappa shape index (κ2) is 8.94. The van der Waals surface area contributed by atoms with Crippen LogP contribution in [0.3, 0.4) is 0 Å². The van der Waals surface area contributed by atoms with E-state index >= 15 is 0 Å². The molecule has 33 heavy (non-hydrogen) atoms. The van der Waals surface area contributed by atoms with Crippen LogP contribution in [-0.4, -0.2) is 14.9 Å². The molecule has 0 unspecified atom stereocenters. The van der Waals surface area contributed by atoms with E-state index in [1.807, 2.05) is 38.1 Å². The van der Waals surface area contributed by atoms with Gasteiger partial charge in [-0.05, 0) is 65.8 Å². The van der Waals surface area contributed by atoms with Crippen LogP contribution in [0.5, 0.6) is 5.75 Å². The highest BCUT2D eigenvalue weighted by Crippen LogP contribution is 2.28. The molecule has 172 valence electrons. The molecule has 2 N–H and O–H groups in total. The van der Waals surface area contributed by atoms with Gasteiger partial charge in [0.15, 0.2) is 5.82 Å². The Morgan fingerprint density at radius 3 is 2.45 bits per heavy atom. The molecule has 0 aliphatic carbocycles. The van der Waals surface area contributed by atoms with Crippen molar-refractivity contribution in [1.82, 2.24) is 14.9 Å². The average Bonchev–Trinajstić information content (AvgIpc) is 3.11. The fraction of sp³-hybridized carbons (Fsp3) is 0.320. The molecular weight excluding hydrogens is 436 g/mol. The summed E-state index contributed by atoms with van der Waals surface area (Å²) in [6.45, 7) is 10.8. The number of fused-ring (bicyclic) bond motifs is 1. The zero-order chi connectivity index (χ0) is 23.8. The van der Waals surface area contributed by atoms with E-state index in [9.17, 15) is 4.79 Å². The van der Waals surface area contributed by atoms with E-state index in [4.69, 9.17) is 15.0 Å². The third-order valence-electron chi connectivity index (χ3n) is 5.62. The van der Waals surface area contributed by atoms with Crippen molar-refractivity contribution in [2.24, 2.45) is 0 Å². The summed E-state index contributed by atoms with van der Waals surface area (Å²) >= 11 is 1.41. The van der Waals surface area contributed by atoms with Gasteiger partial charge < -0.3 is 15.0 Å². The molecule has 2 heterocycles. The number of aromatic nitrogens is 3. The quantitative estimate of drug-likeness (QED) is 0.247. The van der Waals surface area contributed by atoms with Crippen LogP contribution in [-0.2, 0) is 17.8 Å². The predicted molar refractivity (Wildman–Crippen MR) is 131 cm³/mol. The number of nitrogens with zero attached hydrogens (tertiary/aromatic N) is 3. The molecule has 2 aromatic heterocycles. The van der Waals surface area contributed by atoms with Crippen LogP contribution in [0.4, 0.5) is 0 Å². The fourth-order valence-electron chi connectivity index (χ4n) is 3.45. The summed E-state index contributed by atoms with van der Waals surface area (Å²) in [6.07, 6.45) is 0. The molecule has 0 radical (unpaired) electrons. The maximum atomic E-state index is 12.0. The highest BCUT2D eigenvalue weighted by Gasteiger charge is 2.15. The molecule has 4 rings (SSSR count). The molecule has 0 spiro atoms. The first-order valence-electron chi connectivity index (χ1n) is 10.7. The Bertz CT molecular complexity index is 1350. The number of thioether (sulfide) groups is 1. The molecule has 0 bridgehead atoms. The van der Waals surface area contributed by atoms with Gasteiger partial charge in [-0.2, -0.15) is 0 Å². The Kier molecular flexibility index (Phi) is 6.21. The van der Waals surface area contributed by atoms with Crippen molar-refractivity contribution in [2.75, 3.05) is 5.84 Å². The first-order chi connectivity index (χ1) is 15.6. The van der Waals surface area contributed by atoms with Gasteiger partial charge in [0.25, 0.3) is 0 Å². The van der Waals surface area contributed by atoms with Gasteiger partial charge in [0.05, 0.1) is 0 Å². The molecule has 4 aromatic rings. The van der Waals surface area contributed by atoms with Gasteiger partial charge in [-0.3, -0.25) is 0 Å². The third-order valence-corrected chi connectivity index (χ3v) is 6.62. The SMILES string of the molecule is Cc1cc2oc(=O)cc(CSc3nnc(COc4ccc(C(C)(C)C)cc4)n3N)c2cc1C. The Morgan fingerprint density at radius 2 is 1.76 bits per heavy atom. The summed E-state index contributed by atoms with van der Waals surface area (Å²) in [6, 6.07) is 13.5. The van der Waals surface area contributed by atoms with Crippen molar-refractivity contribution in [3.8, 4) is 5.75 Å². The van der Waals surface area contributed by atoms with E-state index in [0.717, 1.165) is 27.8 Å². The molecular formula is C25H28N4O3S. The summed E-state index contributed by atoms with van der Waals surface area (Å²) in [5.41, 5.74) is 4.63. The zero-order valence-corrected chi connectivity index (χ0v) is 20.3. The second-order valence-corrected chi connectivity index (χ2v) is 10.1. The van der Waals surface area contributed by atoms with Crippen LogP contribution in [0, 0.1) is 13.8 Å². The lowest BCUT2D eigenvalue weighted by molar-refractivity contribution is 0.291. The number of hydrogen-bond acceptors (Lipinski definition) is 7. The summed E-state index contributed by atoms with van der Waals surface area (Å²) in [4.78, 5) is 12.0. The number of ether oxygens (including phenoxy) is 1. The second-order valence-electron chi connectivity index (χ2n) is 9.14. The smallest absolute Gasteiger partial charge is 0.336 e. The number of hydrogen-bond donors (Lipinski definition) is 1. The number of nitrogen functional groups attached to an aromatic ring is 1. The van der Waals surface area contributed by atoms with Gasteiger partial charge in [0.2, 0.25) is 5.16 Å². The summed E-state index contributed by atoms with van der Waals surface area (Å²) in [7, 11) is 0. The highest BCUT2D eigenvalue weighted by molar-refractivity contribution is 7.98. The fourth-order valence-corrected chi connectivity index (χ4v) is 4.31. The lowest BCUT2D eigenvalue weighted by Crippen LogP contribution is -2.16. The van der Waals surface area contributed by atoms with E-state index in [2.05, 4.69) is 43.1 Å². The first-order valence-corrected chi connectivity index (χ1v) is 11.7. The van der Waals surface area contributed by atoms with E-state index < -0.39 is 0 Å². The van der Waals surface area contributed by atoms with Crippen LogP contribution >= 0.6 is 11.8 Å². The van der Waals surface area contributed by atoms with Crippen LogP contribution in [0.1, 0.15) is 48.8 Å². The molecule has 0 fully saturated rings. The number of benzene rings is 2. The molecule has 8 heteroatoms. The van der Waals surface area contributed by atoms with Gasteiger partial charge in [0.1, 0.15) is 17.9 Å². The van der Waals surface area contributed by atoms with Gasteiger partial charge in [-0.25, -0.2) is 9.47 Å². The van der Waals surface area contributed by atoms with E-state index in [1.165, 1.54) is 28.1 Å². The van der Waals surface area contributed by atoms with Crippen molar-refractivity contribution < 1.29 is 9.15 Å². The van der Waals surface area contributed by atoms with Crippen molar-refractivity contribution in [1.29, 1.82) is 0 Å². The molecule has 0 saturated heterocycles. The maximum absolute atomic E-state index is 12.0. The van der Waals surface area contributed by atoms with Crippen molar-refractivity contribution >= 4 is 22.7 Å². The largest absolute Gasteiger partial charge is 0.486 e. The molecule has 0 saturated carbocycles. The number of aryl methyl sites for hydroxylation is 2.